The molecule has 1 aliphatic heterocycles. The van der Waals surface area contributed by atoms with Gasteiger partial charge >= 0.3 is 0 Å². The Hall–Kier alpha value is -1.31. The second kappa shape index (κ2) is 7.51. The summed E-state index contributed by atoms with van der Waals surface area (Å²) in [5, 5.41) is 3.77. The van der Waals surface area contributed by atoms with E-state index in [1.54, 1.807) is 11.3 Å². The van der Waals surface area contributed by atoms with Gasteiger partial charge in [0.05, 0.1) is 6.54 Å². The van der Waals surface area contributed by atoms with Crippen molar-refractivity contribution in [3.63, 3.8) is 0 Å². The van der Waals surface area contributed by atoms with E-state index in [1.807, 2.05) is 29.8 Å². The van der Waals surface area contributed by atoms with E-state index in [4.69, 9.17) is 17.3 Å². The van der Waals surface area contributed by atoms with Crippen molar-refractivity contribution < 1.29 is 0 Å². The van der Waals surface area contributed by atoms with Crippen molar-refractivity contribution >= 4 is 50.0 Å². The van der Waals surface area contributed by atoms with E-state index in [-0.39, 0.29) is 0 Å². The highest BCUT2D eigenvalue weighted by molar-refractivity contribution is 9.10. The molecule has 1 aromatic carbocycles. The molecule has 0 amide bonds. The van der Waals surface area contributed by atoms with Crippen LogP contribution in [-0.2, 0) is 6.54 Å². The lowest BCUT2D eigenvalue weighted by Crippen LogP contribution is -2.51. The van der Waals surface area contributed by atoms with Crippen molar-refractivity contribution in [3.8, 4) is 0 Å². The zero-order valence-corrected chi connectivity index (χ0v) is 15.6. The van der Waals surface area contributed by atoms with Gasteiger partial charge in [-0.1, -0.05) is 33.6 Å². The summed E-state index contributed by atoms with van der Waals surface area (Å²) in [6.45, 7) is 4.00. The average molecular weight is 415 g/mol. The molecule has 1 fully saturated rings. The van der Waals surface area contributed by atoms with Crippen LogP contribution in [0.4, 0.5) is 5.13 Å². The minimum Gasteiger partial charge on any atom is -0.370 e. The van der Waals surface area contributed by atoms with Gasteiger partial charge in [-0.2, -0.15) is 0 Å². The van der Waals surface area contributed by atoms with Crippen LogP contribution in [0.5, 0.6) is 0 Å². The minimum absolute atomic E-state index is 0.491. The second-order valence-corrected chi connectivity index (χ2v) is 7.39. The largest absolute Gasteiger partial charge is 0.370 e. The van der Waals surface area contributed by atoms with Crippen molar-refractivity contribution in [1.82, 2.24) is 9.88 Å². The van der Waals surface area contributed by atoms with Crippen molar-refractivity contribution in [1.29, 1.82) is 0 Å². The van der Waals surface area contributed by atoms with Crippen LogP contribution >= 0.6 is 38.9 Å². The Labute approximate surface area is 152 Å². The molecular formula is C15H17BrClN5S. The standard InChI is InChI=1S/C15H17BrClN5S/c16-12-2-1-11(13(17)9-12)10-20-14(18)21-4-6-22(7-5-21)15-19-3-8-23-15/h1-3,8-9H,4-7,10H2,(H2,18,20). The van der Waals surface area contributed by atoms with Crippen LogP contribution in [0.25, 0.3) is 0 Å². The van der Waals surface area contributed by atoms with Crippen LogP contribution in [-0.4, -0.2) is 42.0 Å². The SMILES string of the molecule is NC(=NCc1ccc(Br)cc1Cl)N1CCN(c2nccs2)CC1. The lowest BCUT2D eigenvalue weighted by atomic mass is 10.2. The maximum atomic E-state index is 6.21. The van der Waals surface area contributed by atoms with E-state index >= 15 is 0 Å². The van der Waals surface area contributed by atoms with E-state index in [0.717, 1.165) is 41.3 Å². The lowest BCUT2D eigenvalue weighted by Gasteiger charge is -2.35. The molecule has 5 nitrogen and oxygen atoms in total. The van der Waals surface area contributed by atoms with Gasteiger partial charge in [-0.15, -0.1) is 11.3 Å². The summed E-state index contributed by atoms with van der Waals surface area (Å²) in [4.78, 5) is 13.2. The summed E-state index contributed by atoms with van der Waals surface area (Å²) in [5.74, 6) is 0.572. The zero-order chi connectivity index (χ0) is 16.2. The number of thiazole rings is 1. The molecule has 2 aromatic rings. The van der Waals surface area contributed by atoms with Gasteiger partial charge in [-0.25, -0.2) is 9.98 Å². The monoisotopic (exact) mass is 413 g/mol. The first kappa shape index (κ1) is 16.5. The molecule has 122 valence electrons. The number of hydrogen-bond acceptors (Lipinski definition) is 4. The summed E-state index contributed by atoms with van der Waals surface area (Å²) in [6, 6.07) is 5.79. The van der Waals surface area contributed by atoms with Crippen LogP contribution < -0.4 is 10.6 Å². The molecule has 0 bridgehead atoms. The Bertz CT molecular complexity index is 683. The van der Waals surface area contributed by atoms with Gasteiger partial charge in [0, 0.05) is 47.3 Å². The Kier molecular flexibility index (Phi) is 5.40. The highest BCUT2D eigenvalue weighted by atomic mass is 79.9. The lowest BCUT2D eigenvalue weighted by molar-refractivity contribution is 0.380. The molecule has 2 heterocycles. The number of benzene rings is 1. The molecule has 0 saturated carbocycles. The topological polar surface area (TPSA) is 57.8 Å². The van der Waals surface area contributed by atoms with E-state index in [2.05, 4.69) is 35.7 Å². The van der Waals surface area contributed by atoms with Crippen LogP contribution in [0.15, 0.2) is 39.2 Å². The Balaban J connectivity index is 1.57. The summed E-state index contributed by atoms with van der Waals surface area (Å²) < 4.78 is 0.960. The predicted octanol–water partition coefficient (Wildman–Crippen LogP) is 3.20. The number of anilines is 1. The molecule has 1 aliphatic rings. The predicted molar refractivity (Wildman–Crippen MR) is 100 cm³/mol. The highest BCUT2D eigenvalue weighted by Gasteiger charge is 2.19. The van der Waals surface area contributed by atoms with Gasteiger partial charge < -0.3 is 15.5 Å². The second-order valence-electron chi connectivity index (χ2n) is 5.20. The number of piperazine rings is 1. The zero-order valence-electron chi connectivity index (χ0n) is 12.5. The van der Waals surface area contributed by atoms with E-state index in [9.17, 15) is 0 Å². The first-order valence-electron chi connectivity index (χ1n) is 7.27. The summed E-state index contributed by atoms with van der Waals surface area (Å²) in [6.07, 6.45) is 1.84. The third-order valence-corrected chi connectivity index (χ3v) is 5.40. The number of nitrogens with zero attached hydrogens (tertiary/aromatic N) is 4. The average Bonchev–Trinajstić information content (AvgIpc) is 3.08. The van der Waals surface area contributed by atoms with Crippen molar-refractivity contribution in [2.75, 3.05) is 31.1 Å². The number of halogens is 2. The van der Waals surface area contributed by atoms with Crippen LogP contribution in [0.1, 0.15) is 5.56 Å². The molecule has 2 N–H and O–H groups in total. The van der Waals surface area contributed by atoms with Gasteiger partial charge in [-0.3, -0.25) is 0 Å². The van der Waals surface area contributed by atoms with Crippen LogP contribution in [0, 0.1) is 0 Å². The summed E-state index contributed by atoms with van der Waals surface area (Å²) >= 11 is 11.3. The molecular weight excluding hydrogens is 398 g/mol. The fourth-order valence-corrected chi connectivity index (χ4v) is 3.84. The van der Waals surface area contributed by atoms with Gasteiger partial charge in [0.2, 0.25) is 0 Å². The minimum atomic E-state index is 0.491. The normalized spacial score (nSPS) is 16.0. The molecule has 8 heteroatoms. The van der Waals surface area contributed by atoms with E-state index < -0.39 is 0 Å². The fraction of sp³-hybridized carbons (Fsp3) is 0.333. The number of hydrogen-bond donors (Lipinski definition) is 1. The number of nitrogens with two attached hydrogens (primary N) is 1. The molecule has 23 heavy (non-hydrogen) atoms. The van der Waals surface area contributed by atoms with Crippen LogP contribution in [0.3, 0.4) is 0 Å². The molecule has 1 saturated heterocycles. The Morgan fingerprint density at radius 2 is 2.13 bits per heavy atom. The summed E-state index contributed by atoms with van der Waals surface area (Å²) in [7, 11) is 0. The number of rotatable bonds is 3. The molecule has 3 rings (SSSR count). The molecule has 1 aromatic heterocycles. The first-order valence-corrected chi connectivity index (χ1v) is 9.32. The van der Waals surface area contributed by atoms with Crippen molar-refractivity contribution in [2.45, 2.75) is 6.54 Å². The quantitative estimate of drug-likeness (QED) is 0.619. The third kappa shape index (κ3) is 4.16. The maximum absolute atomic E-state index is 6.21. The number of aromatic nitrogens is 1. The number of guanidine groups is 1. The van der Waals surface area contributed by atoms with Gasteiger partial charge in [0.15, 0.2) is 11.1 Å². The van der Waals surface area contributed by atoms with Crippen molar-refractivity contribution in [3.05, 3.63) is 44.8 Å². The highest BCUT2D eigenvalue weighted by Crippen LogP contribution is 2.22. The molecule has 0 atom stereocenters. The van der Waals surface area contributed by atoms with Crippen LogP contribution in [0.2, 0.25) is 5.02 Å². The van der Waals surface area contributed by atoms with Gasteiger partial charge in [0.1, 0.15) is 0 Å². The van der Waals surface area contributed by atoms with Gasteiger partial charge in [-0.05, 0) is 17.7 Å². The molecule has 0 spiro atoms. The summed E-state index contributed by atoms with van der Waals surface area (Å²) in [5.41, 5.74) is 7.10. The molecule has 0 aliphatic carbocycles. The molecule has 0 unspecified atom stereocenters. The smallest absolute Gasteiger partial charge is 0.191 e. The Morgan fingerprint density at radius 3 is 2.78 bits per heavy atom. The van der Waals surface area contributed by atoms with Gasteiger partial charge in [0.25, 0.3) is 0 Å². The van der Waals surface area contributed by atoms with Crippen molar-refractivity contribution in [2.24, 2.45) is 10.7 Å². The number of aliphatic imine (C=N–C) groups is 1. The first-order chi connectivity index (χ1) is 11.1. The van der Waals surface area contributed by atoms with E-state index in [1.165, 1.54) is 0 Å². The third-order valence-electron chi connectivity index (χ3n) is 3.72. The molecule has 0 radical (unpaired) electrons. The maximum Gasteiger partial charge on any atom is 0.191 e. The van der Waals surface area contributed by atoms with E-state index in [0.29, 0.717) is 17.5 Å². The fourth-order valence-electron chi connectivity index (χ4n) is 2.42. The Morgan fingerprint density at radius 1 is 1.35 bits per heavy atom.